The smallest absolute Gasteiger partial charge is 0.189 e. The van der Waals surface area contributed by atoms with Crippen LogP contribution in [0.25, 0.3) is 0 Å². The average molecular weight is 373 g/mol. The van der Waals surface area contributed by atoms with E-state index >= 15 is 0 Å². The summed E-state index contributed by atoms with van der Waals surface area (Å²) in [6.45, 7) is 18.6. The molecule has 0 amide bonds. The molecule has 0 unspecified atom stereocenters. The monoisotopic (exact) mass is 372 g/mol. The van der Waals surface area contributed by atoms with Gasteiger partial charge in [0.2, 0.25) is 0 Å². The van der Waals surface area contributed by atoms with Gasteiger partial charge in [-0.3, -0.25) is 0 Å². The number of hydrogen-bond acceptors (Lipinski definition) is 3. The molecule has 0 fully saturated rings. The standard InChI is InChI=1S/C19H34ClN2OP/c1-14(2)21(15(3)4)24(22(16(5)6)17(7)8)23-13-18-10-9-11-19(20)12-18/h9-12,14-17H,13H2,1-8H3. The van der Waals surface area contributed by atoms with Gasteiger partial charge in [-0.05, 0) is 73.1 Å². The molecule has 0 aromatic heterocycles. The van der Waals surface area contributed by atoms with Crippen LogP contribution in [0, 0.1) is 0 Å². The van der Waals surface area contributed by atoms with Crippen LogP contribution in [0.4, 0.5) is 0 Å². The van der Waals surface area contributed by atoms with Gasteiger partial charge in [0, 0.05) is 29.2 Å². The second-order valence-corrected chi connectivity index (χ2v) is 9.41. The summed E-state index contributed by atoms with van der Waals surface area (Å²) in [4.78, 5) is 0. The van der Waals surface area contributed by atoms with Crippen molar-refractivity contribution < 1.29 is 4.52 Å². The van der Waals surface area contributed by atoms with Crippen molar-refractivity contribution in [2.45, 2.75) is 86.2 Å². The first-order chi connectivity index (χ1) is 11.1. The van der Waals surface area contributed by atoms with Crippen molar-refractivity contribution in [2.24, 2.45) is 0 Å². The molecular weight excluding hydrogens is 339 g/mol. The van der Waals surface area contributed by atoms with Gasteiger partial charge in [-0.15, -0.1) is 0 Å². The molecule has 0 radical (unpaired) electrons. The van der Waals surface area contributed by atoms with Gasteiger partial charge in [0.1, 0.15) is 0 Å². The summed E-state index contributed by atoms with van der Waals surface area (Å²) in [5.41, 5.74) is 1.12. The van der Waals surface area contributed by atoms with E-state index in [0.29, 0.717) is 30.8 Å². The maximum Gasteiger partial charge on any atom is 0.189 e. The first-order valence-corrected chi connectivity index (χ1v) is 10.4. The molecule has 1 aromatic carbocycles. The summed E-state index contributed by atoms with van der Waals surface area (Å²) >= 11 is 6.12. The zero-order valence-corrected chi connectivity index (χ0v) is 18.1. The second kappa shape index (κ2) is 10.1. The summed E-state index contributed by atoms with van der Waals surface area (Å²) in [6, 6.07) is 9.64. The maximum atomic E-state index is 6.51. The van der Waals surface area contributed by atoms with E-state index in [-0.39, 0.29) is 0 Å². The van der Waals surface area contributed by atoms with Crippen molar-refractivity contribution in [2.75, 3.05) is 0 Å². The summed E-state index contributed by atoms with van der Waals surface area (Å²) in [6.07, 6.45) is 0. The molecule has 0 spiro atoms. The van der Waals surface area contributed by atoms with Crippen LogP contribution >= 0.6 is 20.1 Å². The molecule has 0 heterocycles. The molecule has 0 aliphatic heterocycles. The maximum absolute atomic E-state index is 6.51. The Balaban J connectivity index is 3.07. The van der Waals surface area contributed by atoms with Crippen LogP contribution in [-0.2, 0) is 11.1 Å². The lowest BCUT2D eigenvalue weighted by Gasteiger charge is -2.45. The molecule has 0 aliphatic carbocycles. The fourth-order valence-electron chi connectivity index (χ4n) is 2.99. The average Bonchev–Trinajstić information content (AvgIpc) is 2.43. The van der Waals surface area contributed by atoms with Crippen molar-refractivity contribution in [1.82, 2.24) is 9.34 Å². The number of hydrogen-bond donors (Lipinski definition) is 0. The van der Waals surface area contributed by atoms with Crippen LogP contribution in [0.5, 0.6) is 0 Å². The van der Waals surface area contributed by atoms with Gasteiger partial charge in [-0.2, -0.15) is 0 Å². The van der Waals surface area contributed by atoms with Gasteiger partial charge in [0.25, 0.3) is 0 Å². The van der Waals surface area contributed by atoms with E-state index in [1.54, 1.807) is 0 Å². The lowest BCUT2D eigenvalue weighted by molar-refractivity contribution is 0.182. The molecule has 0 saturated carbocycles. The molecule has 0 aliphatic rings. The summed E-state index contributed by atoms with van der Waals surface area (Å²) < 4.78 is 11.5. The van der Waals surface area contributed by atoms with Gasteiger partial charge < -0.3 is 4.52 Å². The quantitative estimate of drug-likeness (QED) is 0.471. The number of halogens is 1. The molecule has 138 valence electrons. The first kappa shape index (κ1) is 21.9. The molecule has 1 rings (SSSR count). The first-order valence-electron chi connectivity index (χ1n) is 8.89. The van der Waals surface area contributed by atoms with E-state index < -0.39 is 8.45 Å². The Kier molecular flexibility index (Phi) is 9.19. The number of nitrogens with zero attached hydrogens (tertiary/aromatic N) is 2. The Morgan fingerprint density at radius 3 is 1.71 bits per heavy atom. The highest BCUT2D eigenvalue weighted by molar-refractivity contribution is 7.47. The van der Waals surface area contributed by atoms with Crippen LogP contribution < -0.4 is 0 Å². The Labute approximate surface area is 155 Å². The third-order valence-corrected chi connectivity index (χ3v) is 6.98. The van der Waals surface area contributed by atoms with Crippen LogP contribution in [0.1, 0.15) is 61.0 Å². The van der Waals surface area contributed by atoms with E-state index in [9.17, 15) is 0 Å². The van der Waals surface area contributed by atoms with E-state index in [1.807, 2.05) is 18.2 Å². The van der Waals surface area contributed by atoms with E-state index in [1.165, 1.54) is 0 Å². The SMILES string of the molecule is CC(C)N(C(C)C)P(OCc1cccc(Cl)c1)N(C(C)C)C(C)C. The van der Waals surface area contributed by atoms with Gasteiger partial charge in [0.05, 0.1) is 6.61 Å². The minimum atomic E-state index is -0.855. The Morgan fingerprint density at radius 1 is 0.875 bits per heavy atom. The fourth-order valence-corrected chi connectivity index (χ4v) is 5.56. The van der Waals surface area contributed by atoms with Crippen molar-refractivity contribution in [3.63, 3.8) is 0 Å². The topological polar surface area (TPSA) is 15.7 Å². The molecule has 5 heteroatoms. The normalized spacial score (nSPS) is 12.8. The predicted octanol–water partition coefficient (Wildman–Crippen LogP) is 6.32. The Morgan fingerprint density at radius 2 is 1.33 bits per heavy atom. The minimum absolute atomic E-state index is 0.426. The van der Waals surface area contributed by atoms with Crippen LogP contribution in [-0.4, -0.2) is 33.5 Å². The van der Waals surface area contributed by atoms with Crippen LogP contribution in [0.15, 0.2) is 24.3 Å². The Bertz CT molecular complexity index is 458. The lowest BCUT2D eigenvalue weighted by Crippen LogP contribution is -2.43. The van der Waals surface area contributed by atoms with Gasteiger partial charge in [0.15, 0.2) is 8.45 Å². The molecule has 0 saturated heterocycles. The van der Waals surface area contributed by atoms with Crippen molar-refractivity contribution in [1.29, 1.82) is 0 Å². The van der Waals surface area contributed by atoms with Gasteiger partial charge >= 0.3 is 0 Å². The molecule has 3 nitrogen and oxygen atoms in total. The van der Waals surface area contributed by atoms with Crippen molar-refractivity contribution in [3.05, 3.63) is 34.9 Å². The van der Waals surface area contributed by atoms with Gasteiger partial charge in [-0.25, -0.2) is 9.34 Å². The zero-order valence-electron chi connectivity index (χ0n) is 16.5. The molecule has 0 bridgehead atoms. The molecule has 0 atom stereocenters. The Hall–Kier alpha value is -0.180. The van der Waals surface area contributed by atoms with E-state index in [2.05, 4.69) is 70.8 Å². The van der Waals surface area contributed by atoms with Crippen molar-refractivity contribution in [3.8, 4) is 0 Å². The number of benzene rings is 1. The fraction of sp³-hybridized carbons (Fsp3) is 0.684. The molecule has 0 N–H and O–H groups in total. The van der Waals surface area contributed by atoms with Crippen LogP contribution in [0.3, 0.4) is 0 Å². The predicted molar refractivity (Wildman–Crippen MR) is 107 cm³/mol. The summed E-state index contributed by atoms with van der Waals surface area (Å²) in [5.74, 6) is 0. The van der Waals surface area contributed by atoms with E-state index in [4.69, 9.17) is 16.1 Å². The van der Waals surface area contributed by atoms with Crippen LogP contribution in [0.2, 0.25) is 5.02 Å². The summed E-state index contributed by atoms with van der Waals surface area (Å²) in [5, 5.41) is 0.759. The highest BCUT2D eigenvalue weighted by Crippen LogP contribution is 2.51. The van der Waals surface area contributed by atoms with E-state index in [0.717, 1.165) is 10.6 Å². The highest BCUT2D eigenvalue weighted by atomic mass is 35.5. The highest BCUT2D eigenvalue weighted by Gasteiger charge is 2.34. The second-order valence-electron chi connectivity index (χ2n) is 7.29. The molecule has 1 aromatic rings. The lowest BCUT2D eigenvalue weighted by atomic mass is 10.2. The summed E-state index contributed by atoms with van der Waals surface area (Å²) in [7, 11) is -0.855. The van der Waals surface area contributed by atoms with Gasteiger partial charge in [-0.1, -0.05) is 23.7 Å². The molecule has 24 heavy (non-hydrogen) atoms. The largest absolute Gasteiger partial charge is 0.326 e. The van der Waals surface area contributed by atoms with Crippen molar-refractivity contribution >= 4 is 20.1 Å². The zero-order chi connectivity index (χ0) is 18.4. The third kappa shape index (κ3) is 6.28. The minimum Gasteiger partial charge on any atom is -0.326 e. The number of rotatable bonds is 9. The third-order valence-electron chi connectivity index (χ3n) is 3.75. The molecular formula is C19H34ClN2OP.